The zero-order chi connectivity index (χ0) is 17.1. The lowest BCUT2D eigenvalue weighted by molar-refractivity contribution is 0.0915. The molecule has 1 saturated carbocycles. The Labute approximate surface area is 150 Å². The van der Waals surface area contributed by atoms with E-state index in [2.05, 4.69) is 21.1 Å². The van der Waals surface area contributed by atoms with E-state index in [4.69, 9.17) is 9.26 Å². The maximum atomic E-state index is 12.3. The van der Waals surface area contributed by atoms with Crippen LogP contribution >= 0.6 is 15.9 Å². The van der Waals surface area contributed by atoms with Crippen LogP contribution in [0.25, 0.3) is 11.3 Å². The van der Waals surface area contributed by atoms with Crippen LogP contribution in [-0.2, 0) is 11.3 Å². The van der Waals surface area contributed by atoms with E-state index in [1.165, 1.54) is 12.8 Å². The van der Waals surface area contributed by atoms with E-state index in [9.17, 15) is 4.79 Å². The van der Waals surface area contributed by atoms with Crippen LogP contribution in [-0.4, -0.2) is 29.2 Å². The van der Waals surface area contributed by atoms with Crippen molar-refractivity contribution in [2.75, 3.05) is 7.05 Å². The fraction of sp³-hybridized carbons (Fsp3) is 0.444. The minimum atomic E-state index is -0.288. The minimum absolute atomic E-state index is 0.163. The second-order valence-corrected chi connectivity index (χ2v) is 7.09. The molecule has 0 radical (unpaired) electrons. The summed E-state index contributed by atoms with van der Waals surface area (Å²) in [6.07, 6.45) is 4.19. The van der Waals surface area contributed by atoms with Gasteiger partial charge in [0.05, 0.1) is 5.56 Å². The van der Waals surface area contributed by atoms with E-state index in [1.807, 2.05) is 38.2 Å². The van der Waals surface area contributed by atoms with Crippen LogP contribution in [0.3, 0.4) is 0 Å². The van der Waals surface area contributed by atoms with Crippen LogP contribution < -0.4 is 0 Å². The molecule has 3 rings (SSSR count). The second-order valence-electron chi connectivity index (χ2n) is 6.18. The average molecular weight is 393 g/mol. The molecule has 0 bridgehead atoms. The first kappa shape index (κ1) is 17.0. The molecule has 24 heavy (non-hydrogen) atoms. The highest BCUT2D eigenvalue weighted by molar-refractivity contribution is 9.10. The molecule has 0 atom stereocenters. The monoisotopic (exact) mass is 392 g/mol. The van der Waals surface area contributed by atoms with Gasteiger partial charge in [-0.05, 0) is 31.9 Å². The molecule has 0 unspecified atom stereocenters. The van der Waals surface area contributed by atoms with Gasteiger partial charge < -0.3 is 14.2 Å². The maximum absolute atomic E-state index is 12.3. The number of rotatable bonds is 4. The Bertz CT molecular complexity index is 706. The van der Waals surface area contributed by atoms with Gasteiger partial charge in [0, 0.05) is 23.1 Å². The predicted octanol–water partition coefficient (Wildman–Crippen LogP) is 4.92. The summed E-state index contributed by atoms with van der Waals surface area (Å²) < 4.78 is 11.8. The fourth-order valence-electron chi connectivity index (χ4n) is 3.07. The molecule has 6 heteroatoms. The van der Waals surface area contributed by atoms with Crippen molar-refractivity contribution < 1.29 is 14.1 Å². The summed E-state index contributed by atoms with van der Waals surface area (Å²) in [7, 11) is 1.81. The molecule has 1 aliphatic rings. The number of hydrogen-bond acceptors (Lipinski definition) is 4. The first-order chi connectivity index (χ1) is 11.6. The third-order valence-electron chi connectivity index (χ3n) is 4.60. The molecule has 1 aromatic carbocycles. The Morgan fingerprint density at radius 2 is 2.00 bits per heavy atom. The summed E-state index contributed by atoms with van der Waals surface area (Å²) in [6, 6.07) is 8.10. The largest absolute Gasteiger partial charge is 0.444 e. The summed E-state index contributed by atoms with van der Waals surface area (Å²) >= 11 is 3.42. The Balaban J connectivity index is 1.70. The minimum Gasteiger partial charge on any atom is -0.444 e. The van der Waals surface area contributed by atoms with Gasteiger partial charge in [-0.25, -0.2) is 4.79 Å². The van der Waals surface area contributed by atoms with Crippen LogP contribution in [0.5, 0.6) is 0 Å². The lowest BCUT2D eigenvalue weighted by Gasteiger charge is -2.23. The van der Waals surface area contributed by atoms with Crippen LogP contribution in [0, 0.1) is 6.92 Å². The molecule has 1 amide bonds. The van der Waals surface area contributed by atoms with Gasteiger partial charge >= 0.3 is 6.09 Å². The SMILES string of the molecule is Cc1onc(-c2ccc(Br)cc2)c1COC(=O)N(C)C1CCCC1. The quantitative estimate of drug-likeness (QED) is 0.740. The zero-order valence-corrected chi connectivity index (χ0v) is 15.5. The van der Waals surface area contributed by atoms with Crippen LogP contribution in [0.15, 0.2) is 33.3 Å². The highest BCUT2D eigenvalue weighted by atomic mass is 79.9. The average Bonchev–Trinajstić information content (AvgIpc) is 3.23. The van der Waals surface area contributed by atoms with E-state index in [1.54, 1.807) is 4.90 Å². The van der Waals surface area contributed by atoms with Gasteiger partial charge in [-0.15, -0.1) is 0 Å². The first-order valence-electron chi connectivity index (χ1n) is 8.17. The van der Waals surface area contributed by atoms with E-state index < -0.39 is 0 Å². The summed E-state index contributed by atoms with van der Waals surface area (Å²) in [4.78, 5) is 14.0. The Hall–Kier alpha value is -1.82. The van der Waals surface area contributed by atoms with Crippen molar-refractivity contribution in [3.8, 4) is 11.3 Å². The van der Waals surface area contributed by atoms with E-state index in [-0.39, 0.29) is 12.7 Å². The topological polar surface area (TPSA) is 55.6 Å². The van der Waals surface area contributed by atoms with Crippen molar-refractivity contribution in [1.29, 1.82) is 0 Å². The number of benzene rings is 1. The Morgan fingerprint density at radius 1 is 1.33 bits per heavy atom. The van der Waals surface area contributed by atoms with Gasteiger partial charge in [-0.1, -0.05) is 46.1 Å². The number of carbonyl (C=O) groups is 1. The Kier molecular flexibility index (Phi) is 5.23. The molecular weight excluding hydrogens is 372 g/mol. The smallest absolute Gasteiger partial charge is 0.410 e. The van der Waals surface area contributed by atoms with Crippen LogP contribution in [0.2, 0.25) is 0 Å². The highest BCUT2D eigenvalue weighted by Crippen LogP contribution is 2.28. The summed E-state index contributed by atoms with van der Waals surface area (Å²) in [5, 5.41) is 4.12. The third kappa shape index (κ3) is 3.64. The molecule has 1 fully saturated rings. The van der Waals surface area contributed by atoms with Gasteiger partial charge in [-0.3, -0.25) is 0 Å². The molecule has 0 spiro atoms. The number of aryl methyl sites for hydroxylation is 1. The number of aromatic nitrogens is 1. The lowest BCUT2D eigenvalue weighted by Crippen LogP contribution is -2.35. The molecular formula is C18H21BrN2O3. The molecule has 1 heterocycles. The third-order valence-corrected chi connectivity index (χ3v) is 5.13. The number of ether oxygens (including phenoxy) is 1. The lowest BCUT2D eigenvalue weighted by atomic mass is 10.1. The molecule has 1 aromatic heterocycles. The van der Waals surface area contributed by atoms with Gasteiger partial charge in [-0.2, -0.15) is 0 Å². The zero-order valence-electron chi connectivity index (χ0n) is 13.9. The normalized spacial score (nSPS) is 14.8. The van der Waals surface area contributed by atoms with E-state index in [0.717, 1.165) is 34.1 Å². The van der Waals surface area contributed by atoms with Crippen LogP contribution in [0.4, 0.5) is 4.79 Å². The number of nitrogens with zero attached hydrogens (tertiary/aromatic N) is 2. The number of amides is 1. The molecule has 0 saturated heterocycles. The maximum Gasteiger partial charge on any atom is 0.410 e. The van der Waals surface area contributed by atoms with E-state index in [0.29, 0.717) is 11.8 Å². The van der Waals surface area contributed by atoms with Crippen molar-refractivity contribution in [3.05, 3.63) is 40.1 Å². The summed E-state index contributed by atoms with van der Waals surface area (Å²) in [5.41, 5.74) is 2.46. The van der Waals surface area contributed by atoms with Crippen LogP contribution in [0.1, 0.15) is 37.0 Å². The highest BCUT2D eigenvalue weighted by Gasteiger charge is 2.25. The van der Waals surface area contributed by atoms with Gasteiger partial charge in [0.2, 0.25) is 0 Å². The molecule has 2 aromatic rings. The number of halogens is 1. The molecule has 5 nitrogen and oxygen atoms in total. The van der Waals surface area contributed by atoms with Crippen molar-refractivity contribution in [3.63, 3.8) is 0 Å². The van der Waals surface area contributed by atoms with Crippen molar-refractivity contribution in [1.82, 2.24) is 10.1 Å². The summed E-state index contributed by atoms with van der Waals surface area (Å²) in [6.45, 7) is 2.00. The van der Waals surface area contributed by atoms with Crippen molar-refractivity contribution in [2.45, 2.75) is 45.3 Å². The summed E-state index contributed by atoms with van der Waals surface area (Å²) in [5.74, 6) is 0.671. The molecule has 0 aliphatic heterocycles. The Morgan fingerprint density at radius 3 is 2.67 bits per heavy atom. The number of carbonyl (C=O) groups excluding carboxylic acids is 1. The number of hydrogen-bond donors (Lipinski definition) is 0. The van der Waals surface area contributed by atoms with Crippen molar-refractivity contribution >= 4 is 22.0 Å². The van der Waals surface area contributed by atoms with Gasteiger partial charge in [0.25, 0.3) is 0 Å². The molecule has 1 aliphatic carbocycles. The standard InChI is InChI=1S/C18H21BrN2O3/c1-12-16(11-23-18(22)21(2)15-5-3-4-6-15)17(20-24-12)13-7-9-14(19)10-8-13/h7-10,15H,3-6,11H2,1-2H3. The first-order valence-corrected chi connectivity index (χ1v) is 8.96. The van der Waals surface area contributed by atoms with Gasteiger partial charge in [0.15, 0.2) is 0 Å². The second kappa shape index (κ2) is 7.38. The van der Waals surface area contributed by atoms with Crippen molar-refractivity contribution in [2.24, 2.45) is 0 Å². The fourth-order valence-corrected chi connectivity index (χ4v) is 3.34. The molecule has 128 valence electrons. The van der Waals surface area contributed by atoms with E-state index >= 15 is 0 Å². The molecule has 0 N–H and O–H groups in total. The predicted molar refractivity (Wildman–Crippen MR) is 94.6 cm³/mol. The van der Waals surface area contributed by atoms with Gasteiger partial charge in [0.1, 0.15) is 18.1 Å².